The molecule has 1 saturated heterocycles. The Kier molecular flexibility index (Phi) is 8.41. The fraction of sp³-hybridized carbons (Fsp3) is 0.464. The minimum atomic E-state index is -0.145. The van der Waals surface area contributed by atoms with Gasteiger partial charge in [-0.1, -0.05) is 32.9 Å². The predicted molar refractivity (Wildman–Crippen MR) is 152 cm³/mol. The first-order valence-corrected chi connectivity index (χ1v) is 13.1. The van der Waals surface area contributed by atoms with Gasteiger partial charge >= 0.3 is 0 Å². The average Bonchev–Trinajstić information content (AvgIpc) is 3.30. The van der Waals surface area contributed by atoms with Gasteiger partial charge in [0, 0.05) is 63.8 Å². The van der Waals surface area contributed by atoms with Gasteiger partial charge in [0.05, 0.1) is 5.69 Å². The van der Waals surface area contributed by atoms with E-state index in [-0.39, 0.29) is 17.4 Å². The molecule has 1 amide bonds. The number of rotatable bonds is 9. The number of amides is 1. The summed E-state index contributed by atoms with van der Waals surface area (Å²) in [5.41, 5.74) is 3.46. The van der Waals surface area contributed by atoms with Crippen molar-refractivity contribution >= 4 is 29.4 Å². The molecule has 3 aromatic rings. The summed E-state index contributed by atoms with van der Waals surface area (Å²) in [5.74, 6) is 1.40. The van der Waals surface area contributed by atoms with Crippen molar-refractivity contribution in [3.05, 3.63) is 59.4 Å². The third kappa shape index (κ3) is 7.38. The molecule has 10 heteroatoms. The highest BCUT2D eigenvalue weighted by Gasteiger charge is 2.25. The second-order valence-electron chi connectivity index (χ2n) is 11.1. The van der Waals surface area contributed by atoms with Crippen molar-refractivity contribution in [1.29, 1.82) is 0 Å². The first-order valence-electron chi connectivity index (χ1n) is 13.1. The maximum absolute atomic E-state index is 12.2. The van der Waals surface area contributed by atoms with Crippen LogP contribution in [0.1, 0.15) is 48.8 Å². The number of carbonyl (C=O) groups excluding carboxylic acids is 1. The Morgan fingerprint density at radius 2 is 1.92 bits per heavy atom. The van der Waals surface area contributed by atoms with Gasteiger partial charge in [0.15, 0.2) is 0 Å². The molecule has 1 aliphatic heterocycles. The van der Waals surface area contributed by atoms with Crippen LogP contribution in [0, 0.1) is 12.3 Å². The Morgan fingerprint density at radius 1 is 1.13 bits per heavy atom. The molecule has 3 N–H and O–H groups in total. The Labute approximate surface area is 225 Å². The maximum Gasteiger partial charge on any atom is 0.251 e. The minimum Gasteiger partial charge on any atom is -0.355 e. The van der Waals surface area contributed by atoms with Gasteiger partial charge < -0.3 is 20.9 Å². The van der Waals surface area contributed by atoms with Crippen LogP contribution in [0.25, 0.3) is 0 Å². The number of hydrogen-bond donors (Lipinski definition) is 3. The van der Waals surface area contributed by atoms with E-state index in [9.17, 15) is 4.79 Å². The molecule has 202 valence electrons. The molecule has 0 spiro atoms. The van der Waals surface area contributed by atoms with E-state index in [1.54, 1.807) is 13.1 Å². The summed E-state index contributed by atoms with van der Waals surface area (Å²) in [4.78, 5) is 35.3. The minimum absolute atomic E-state index is 0.0679. The van der Waals surface area contributed by atoms with Crippen LogP contribution in [0.2, 0.25) is 0 Å². The molecule has 0 bridgehead atoms. The second-order valence-corrected chi connectivity index (χ2v) is 11.1. The fourth-order valence-corrected chi connectivity index (χ4v) is 4.60. The molecule has 10 nitrogen and oxygen atoms in total. The van der Waals surface area contributed by atoms with E-state index in [0.29, 0.717) is 23.4 Å². The highest BCUT2D eigenvalue weighted by Crippen LogP contribution is 2.25. The Bertz CT molecular complexity index is 1240. The number of pyridine rings is 1. The number of aromatic nitrogens is 4. The molecule has 1 aromatic carbocycles. The number of hydrogen-bond acceptors (Lipinski definition) is 9. The number of anilines is 4. The van der Waals surface area contributed by atoms with E-state index in [4.69, 9.17) is 15.0 Å². The zero-order valence-corrected chi connectivity index (χ0v) is 23.2. The smallest absolute Gasteiger partial charge is 0.251 e. The van der Waals surface area contributed by atoms with Crippen LogP contribution in [0.5, 0.6) is 0 Å². The molecule has 4 rings (SSSR count). The van der Waals surface area contributed by atoms with E-state index >= 15 is 0 Å². The van der Waals surface area contributed by atoms with Crippen LogP contribution in [0.3, 0.4) is 0 Å². The van der Waals surface area contributed by atoms with Crippen molar-refractivity contribution in [3.8, 4) is 0 Å². The Hall–Kier alpha value is -3.79. The normalized spacial score (nSPS) is 15.8. The summed E-state index contributed by atoms with van der Waals surface area (Å²) in [6.45, 7) is 12.0. The number of aryl methyl sites for hydroxylation is 1. The SMILES string of the molecule is CNC(=O)c1ccc(C)c(Nc2nc(NC3CCN(Cc4ccccn4)C3)nc(N(C)CC(C)(C)C)n2)c1. The first-order chi connectivity index (χ1) is 18.1. The van der Waals surface area contributed by atoms with Crippen LogP contribution in [-0.4, -0.2) is 70.5 Å². The summed E-state index contributed by atoms with van der Waals surface area (Å²) in [5, 5.41) is 9.54. The fourth-order valence-electron chi connectivity index (χ4n) is 4.60. The topological polar surface area (TPSA) is 111 Å². The summed E-state index contributed by atoms with van der Waals surface area (Å²) < 4.78 is 0. The quantitative estimate of drug-likeness (QED) is 0.390. The van der Waals surface area contributed by atoms with Gasteiger partial charge in [-0.15, -0.1) is 0 Å². The zero-order chi connectivity index (χ0) is 27.3. The van der Waals surface area contributed by atoms with Crippen LogP contribution in [0.15, 0.2) is 42.6 Å². The number of likely N-dealkylation sites (tertiary alicyclic amines) is 1. The van der Waals surface area contributed by atoms with Gasteiger partial charge in [-0.3, -0.25) is 14.7 Å². The number of nitrogens with one attached hydrogen (secondary N) is 3. The molecule has 1 aliphatic rings. The first kappa shape index (κ1) is 27.3. The number of benzene rings is 1. The van der Waals surface area contributed by atoms with E-state index in [1.165, 1.54) is 0 Å². The molecule has 3 heterocycles. The summed E-state index contributed by atoms with van der Waals surface area (Å²) >= 11 is 0. The lowest BCUT2D eigenvalue weighted by molar-refractivity contribution is 0.0963. The third-order valence-corrected chi connectivity index (χ3v) is 6.37. The molecule has 0 radical (unpaired) electrons. The zero-order valence-electron chi connectivity index (χ0n) is 23.2. The van der Waals surface area contributed by atoms with Gasteiger partial charge in [0.2, 0.25) is 17.8 Å². The standard InChI is InChI=1S/C28H39N9O/c1-19-10-11-20(24(38)29-5)15-23(19)32-26-33-25(34-27(35-26)36(6)18-28(2,3)4)31-22-12-14-37(17-22)16-21-9-7-8-13-30-21/h7-11,13,15,22H,12,14,16-18H2,1-6H3,(H,29,38)(H2,31,32,33,34,35). The van der Waals surface area contributed by atoms with E-state index < -0.39 is 0 Å². The van der Waals surface area contributed by atoms with Gasteiger partial charge in [-0.25, -0.2) is 0 Å². The molecule has 1 unspecified atom stereocenters. The lowest BCUT2D eigenvalue weighted by Crippen LogP contribution is -2.31. The molecule has 38 heavy (non-hydrogen) atoms. The molecule has 1 fully saturated rings. The van der Waals surface area contributed by atoms with Crippen LogP contribution >= 0.6 is 0 Å². The molecule has 2 aromatic heterocycles. The van der Waals surface area contributed by atoms with Crippen molar-refractivity contribution in [2.45, 2.75) is 46.7 Å². The average molecular weight is 518 g/mol. The third-order valence-electron chi connectivity index (χ3n) is 6.37. The maximum atomic E-state index is 12.2. The van der Waals surface area contributed by atoms with Crippen LogP contribution in [-0.2, 0) is 6.54 Å². The van der Waals surface area contributed by atoms with Crippen molar-refractivity contribution < 1.29 is 4.79 Å². The van der Waals surface area contributed by atoms with Gasteiger partial charge in [0.25, 0.3) is 5.91 Å². The molecule has 1 atom stereocenters. The van der Waals surface area contributed by atoms with Crippen LogP contribution in [0.4, 0.5) is 23.5 Å². The van der Waals surface area contributed by atoms with Crippen molar-refractivity contribution in [3.63, 3.8) is 0 Å². The molecular formula is C28H39N9O. The number of nitrogens with zero attached hydrogens (tertiary/aromatic N) is 6. The Balaban J connectivity index is 1.55. The second kappa shape index (κ2) is 11.7. The van der Waals surface area contributed by atoms with E-state index in [0.717, 1.165) is 49.5 Å². The summed E-state index contributed by atoms with van der Waals surface area (Å²) in [6.07, 6.45) is 2.82. The Morgan fingerprint density at radius 3 is 2.63 bits per heavy atom. The molecular weight excluding hydrogens is 478 g/mol. The summed E-state index contributed by atoms with van der Waals surface area (Å²) in [7, 11) is 3.62. The predicted octanol–water partition coefficient (Wildman–Crippen LogP) is 3.85. The highest BCUT2D eigenvalue weighted by molar-refractivity contribution is 5.95. The highest BCUT2D eigenvalue weighted by atomic mass is 16.1. The van der Waals surface area contributed by atoms with Crippen molar-refractivity contribution in [2.24, 2.45) is 5.41 Å². The molecule has 0 aliphatic carbocycles. The van der Waals surface area contributed by atoms with E-state index in [1.807, 2.05) is 49.3 Å². The largest absolute Gasteiger partial charge is 0.355 e. The molecule has 0 saturated carbocycles. The van der Waals surface area contributed by atoms with Crippen molar-refractivity contribution in [2.75, 3.05) is 49.3 Å². The number of carbonyl (C=O) groups is 1. The monoisotopic (exact) mass is 517 g/mol. The van der Waals surface area contributed by atoms with Crippen molar-refractivity contribution in [1.82, 2.24) is 30.2 Å². The lowest BCUT2D eigenvalue weighted by atomic mass is 9.96. The van der Waals surface area contributed by atoms with Gasteiger partial charge in [-0.05, 0) is 48.6 Å². The van der Waals surface area contributed by atoms with E-state index in [2.05, 4.69) is 52.7 Å². The van der Waals surface area contributed by atoms with Crippen LogP contribution < -0.4 is 20.9 Å². The lowest BCUT2D eigenvalue weighted by Gasteiger charge is -2.27. The van der Waals surface area contributed by atoms with Gasteiger partial charge in [-0.2, -0.15) is 15.0 Å². The van der Waals surface area contributed by atoms with Gasteiger partial charge in [0.1, 0.15) is 0 Å². The summed E-state index contributed by atoms with van der Waals surface area (Å²) in [6, 6.07) is 11.8.